The van der Waals surface area contributed by atoms with Gasteiger partial charge in [-0.3, -0.25) is 0 Å². The largest absolute Gasteiger partial charge is 4.00 e. The Hall–Kier alpha value is 0.908. The molecule has 0 aromatic carbocycles. The van der Waals surface area contributed by atoms with Gasteiger partial charge in [0.05, 0.1) is 0 Å². The van der Waals surface area contributed by atoms with Crippen molar-refractivity contribution in [3.05, 3.63) is 13.8 Å². The SMILES string of the molecule is NC(=S)[S-].NC(=S)[S-].[CH2-]CC.[CH2-]CC.[Mo+4]. The molecule has 0 aromatic rings. The van der Waals surface area contributed by atoms with Crippen molar-refractivity contribution in [2.24, 2.45) is 11.5 Å². The van der Waals surface area contributed by atoms with E-state index in [1.807, 2.05) is 13.8 Å². The molecular formula is C8H18MoN2S4. The van der Waals surface area contributed by atoms with Gasteiger partial charge in [-0.2, -0.15) is 12.8 Å². The van der Waals surface area contributed by atoms with Gasteiger partial charge in [0.25, 0.3) is 0 Å². The Morgan fingerprint density at radius 2 is 1.00 bits per heavy atom. The van der Waals surface area contributed by atoms with E-state index in [-0.39, 0.29) is 29.7 Å². The summed E-state index contributed by atoms with van der Waals surface area (Å²) in [6, 6.07) is 0. The minimum atomic E-state index is 0. The zero-order valence-electron chi connectivity index (χ0n) is 9.02. The normalized spacial score (nSPS) is 5.60. The molecule has 0 rings (SSSR count). The third-order valence-electron chi connectivity index (χ3n) is 0. The summed E-state index contributed by atoms with van der Waals surface area (Å²) in [5.41, 5.74) is 9.31. The van der Waals surface area contributed by atoms with E-state index in [4.69, 9.17) is 0 Å². The third-order valence-corrected chi connectivity index (χ3v) is 0. The summed E-state index contributed by atoms with van der Waals surface area (Å²) in [5, 5.41) is 0. The summed E-state index contributed by atoms with van der Waals surface area (Å²) in [5.74, 6) is 0. The predicted octanol–water partition coefficient (Wildman–Crippen LogP) is 2.01. The van der Waals surface area contributed by atoms with Gasteiger partial charge in [0.1, 0.15) is 0 Å². The molecule has 0 bridgehead atoms. The van der Waals surface area contributed by atoms with Crippen LogP contribution < -0.4 is 11.5 Å². The van der Waals surface area contributed by atoms with Crippen LogP contribution in [-0.4, -0.2) is 8.64 Å². The second-order valence-electron chi connectivity index (χ2n) is 1.64. The van der Waals surface area contributed by atoms with Gasteiger partial charge in [-0.05, 0) is 0 Å². The molecule has 0 saturated carbocycles. The van der Waals surface area contributed by atoms with Crippen LogP contribution in [0.3, 0.4) is 0 Å². The molecule has 0 spiro atoms. The molecule has 0 heterocycles. The molecule has 0 fully saturated rings. The Labute approximate surface area is 130 Å². The monoisotopic (exact) mass is 368 g/mol. The van der Waals surface area contributed by atoms with Crippen molar-refractivity contribution in [1.29, 1.82) is 0 Å². The first-order valence-corrected chi connectivity index (χ1v) is 5.44. The van der Waals surface area contributed by atoms with E-state index in [1.54, 1.807) is 0 Å². The van der Waals surface area contributed by atoms with Crippen LogP contribution >= 0.6 is 24.4 Å². The van der Waals surface area contributed by atoms with Crippen LogP contribution in [0.1, 0.15) is 26.7 Å². The summed E-state index contributed by atoms with van der Waals surface area (Å²) in [6.07, 6.45) is 2.00. The van der Waals surface area contributed by atoms with E-state index in [9.17, 15) is 0 Å². The van der Waals surface area contributed by atoms with Gasteiger partial charge < -0.3 is 75.0 Å². The van der Waals surface area contributed by atoms with Crippen LogP contribution in [-0.2, 0) is 46.3 Å². The zero-order valence-corrected chi connectivity index (χ0v) is 14.3. The molecule has 0 aromatic heterocycles. The van der Waals surface area contributed by atoms with E-state index in [0.717, 1.165) is 12.8 Å². The van der Waals surface area contributed by atoms with E-state index in [0.29, 0.717) is 0 Å². The average molecular weight is 366 g/mol. The number of thiocarbonyl (C=S) groups is 2. The van der Waals surface area contributed by atoms with Crippen molar-refractivity contribution in [3.63, 3.8) is 0 Å². The Bertz CT molecular complexity index is 101. The molecular weight excluding hydrogens is 348 g/mol. The third kappa shape index (κ3) is 3010. The first kappa shape index (κ1) is 29.7. The molecule has 0 atom stereocenters. The van der Waals surface area contributed by atoms with Crippen molar-refractivity contribution < 1.29 is 21.1 Å². The molecule has 0 aliphatic heterocycles. The van der Waals surface area contributed by atoms with Crippen molar-refractivity contribution in [2.75, 3.05) is 0 Å². The first-order chi connectivity index (χ1) is 6.29. The molecule has 0 unspecified atom stereocenters. The quantitative estimate of drug-likeness (QED) is 0.296. The van der Waals surface area contributed by atoms with Crippen molar-refractivity contribution in [2.45, 2.75) is 26.7 Å². The van der Waals surface area contributed by atoms with E-state index in [1.165, 1.54) is 0 Å². The van der Waals surface area contributed by atoms with Gasteiger partial charge in [-0.1, -0.05) is 22.5 Å². The maximum atomic E-state index is 4.66. The number of rotatable bonds is 0. The number of nitrogens with two attached hydrogens (primary N) is 2. The van der Waals surface area contributed by atoms with Crippen LogP contribution in [0, 0.1) is 13.8 Å². The summed E-state index contributed by atoms with van der Waals surface area (Å²) in [4.78, 5) is 0. The predicted molar refractivity (Wildman–Crippen MR) is 79.6 cm³/mol. The number of hydrogen-bond acceptors (Lipinski definition) is 4. The number of hydrogen-bond donors (Lipinski definition) is 2. The first-order valence-electron chi connectivity index (χ1n) is 3.81. The maximum absolute atomic E-state index is 4.66. The second kappa shape index (κ2) is 36.3. The van der Waals surface area contributed by atoms with E-state index < -0.39 is 0 Å². The topological polar surface area (TPSA) is 52.0 Å². The Morgan fingerprint density at radius 3 is 1.00 bits per heavy atom. The summed E-state index contributed by atoms with van der Waals surface area (Å²) < 4.78 is 0.167. The van der Waals surface area contributed by atoms with Crippen LogP contribution in [0.25, 0.3) is 0 Å². The van der Waals surface area contributed by atoms with Gasteiger partial charge in [0.15, 0.2) is 0 Å². The smallest absolute Gasteiger partial charge is 0.415 e. The van der Waals surface area contributed by atoms with Crippen molar-refractivity contribution in [1.82, 2.24) is 0 Å². The Morgan fingerprint density at radius 1 is 1.00 bits per heavy atom. The fraction of sp³-hybridized carbons (Fsp3) is 0.500. The molecule has 0 amide bonds. The van der Waals surface area contributed by atoms with Gasteiger partial charge in [0, 0.05) is 0 Å². The molecule has 4 N–H and O–H groups in total. The van der Waals surface area contributed by atoms with Crippen LogP contribution in [0.2, 0.25) is 0 Å². The standard InChI is InChI=1S/2C3H7.2CH3NS2.Mo/c2*1-3-2;2*2-1(3)4;/h2*1,3H2,2H3;2*(H3,2,3,4);/q2*-1;;;+4/p-2. The van der Waals surface area contributed by atoms with E-state index >= 15 is 0 Å². The maximum Gasteiger partial charge on any atom is 4.00 e. The average Bonchev–Trinajstić information content (AvgIpc) is 1.85. The van der Waals surface area contributed by atoms with Crippen LogP contribution in [0.4, 0.5) is 0 Å². The van der Waals surface area contributed by atoms with Gasteiger partial charge in [0.2, 0.25) is 0 Å². The second-order valence-corrected chi connectivity index (χ2v) is 3.91. The van der Waals surface area contributed by atoms with Crippen molar-refractivity contribution >= 4 is 58.3 Å². The van der Waals surface area contributed by atoms with Gasteiger partial charge in [-0.15, -0.1) is 0 Å². The molecule has 0 saturated heterocycles. The zero-order chi connectivity index (χ0) is 12.6. The van der Waals surface area contributed by atoms with Crippen LogP contribution in [0.15, 0.2) is 0 Å². The minimum absolute atomic E-state index is 0. The molecule has 2 nitrogen and oxygen atoms in total. The fourth-order valence-corrected chi connectivity index (χ4v) is 0. The summed E-state index contributed by atoms with van der Waals surface area (Å²) in [6.45, 7) is 11.0. The molecule has 7 heteroatoms. The Balaban J connectivity index is -0.0000000293. The van der Waals surface area contributed by atoms with Gasteiger partial charge >= 0.3 is 21.1 Å². The molecule has 0 aliphatic carbocycles. The molecule has 90 valence electrons. The van der Waals surface area contributed by atoms with Crippen LogP contribution in [0.5, 0.6) is 0 Å². The Kier molecular flexibility index (Phi) is 72.0. The summed E-state index contributed by atoms with van der Waals surface area (Å²) in [7, 11) is 0. The molecule has 0 aliphatic rings. The summed E-state index contributed by atoms with van der Waals surface area (Å²) >= 11 is 16.5. The fourth-order valence-electron chi connectivity index (χ4n) is 0. The molecule has 0 radical (unpaired) electrons. The minimum Gasteiger partial charge on any atom is -0.415 e. The van der Waals surface area contributed by atoms with Crippen molar-refractivity contribution in [3.8, 4) is 0 Å². The molecule has 15 heavy (non-hydrogen) atoms. The van der Waals surface area contributed by atoms with E-state index in [2.05, 4.69) is 75.0 Å². The van der Waals surface area contributed by atoms with Gasteiger partial charge in [-0.25, -0.2) is 0 Å².